The molecule has 2 nitrogen and oxygen atoms in total. The van der Waals surface area contributed by atoms with E-state index in [-0.39, 0.29) is 22.7 Å². The molecule has 8 atom stereocenters. The third-order valence-electron chi connectivity index (χ3n) is 9.33. The van der Waals surface area contributed by atoms with Gasteiger partial charge in [-0.25, -0.2) is 0 Å². The second-order valence-electron chi connectivity index (χ2n) is 10.3. The van der Waals surface area contributed by atoms with Gasteiger partial charge in [0, 0.05) is 0 Å². The van der Waals surface area contributed by atoms with Crippen LogP contribution in [0.15, 0.2) is 36.4 Å². The van der Waals surface area contributed by atoms with Crippen molar-refractivity contribution in [1.82, 2.24) is 0 Å². The van der Waals surface area contributed by atoms with Gasteiger partial charge in [0.05, 0.1) is 12.2 Å². The lowest BCUT2D eigenvalue weighted by atomic mass is 9.43. The quantitative estimate of drug-likeness (QED) is 0.730. The number of allylic oxidation sites excluding steroid dienone is 2. The van der Waals surface area contributed by atoms with Crippen LogP contribution in [-0.2, 0) is 0 Å². The van der Waals surface area contributed by atoms with E-state index >= 15 is 0 Å². The van der Waals surface area contributed by atoms with Crippen LogP contribution in [0.1, 0.15) is 64.4 Å². The number of fused-ring (bicyclic) bond motifs is 5. The van der Waals surface area contributed by atoms with E-state index < -0.39 is 12.2 Å². The van der Waals surface area contributed by atoms with Crippen molar-refractivity contribution in [3.05, 3.63) is 42.0 Å². The van der Waals surface area contributed by atoms with Crippen molar-refractivity contribution in [3.63, 3.8) is 0 Å². The number of aliphatic hydroxyl groups is 2. The fourth-order valence-electron chi connectivity index (χ4n) is 7.95. The predicted molar refractivity (Wildman–Crippen MR) is 109 cm³/mol. The molecule has 4 aliphatic rings. The van der Waals surface area contributed by atoms with E-state index in [1.165, 1.54) is 43.2 Å². The largest absolute Gasteiger partial charge is 0.390 e. The maximum atomic E-state index is 11.3. The van der Waals surface area contributed by atoms with E-state index in [0.29, 0.717) is 11.8 Å². The SMILES string of the molecule is C[C@]12CCCC[C@@H]1[C@@H](O)[C@H](O)[C@@H]1[C@@H]2CC[C@]2(C)C(c3ccccc3)=CC[C@@H]12. The molecule has 0 aromatic heterocycles. The summed E-state index contributed by atoms with van der Waals surface area (Å²) in [7, 11) is 0. The molecule has 0 spiro atoms. The van der Waals surface area contributed by atoms with E-state index in [2.05, 4.69) is 50.3 Å². The summed E-state index contributed by atoms with van der Waals surface area (Å²) < 4.78 is 0. The van der Waals surface area contributed by atoms with Gasteiger partial charge in [-0.05, 0) is 77.7 Å². The average Bonchev–Trinajstić information content (AvgIpc) is 3.03. The molecule has 0 radical (unpaired) electrons. The zero-order valence-electron chi connectivity index (χ0n) is 16.8. The maximum Gasteiger partial charge on any atom is 0.0836 e. The first-order valence-electron chi connectivity index (χ1n) is 11.1. The summed E-state index contributed by atoms with van der Waals surface area (Å²) in [6, 6.07) is 10.8. The van der Waals surface area contributed by atoms with Crippen LogP contribution in [0.4, 0.5) is 0 Å². The highest BCUT2D eigenvalue weighted by atomic mass is 16.3. The molecule has 3 fully saturated rings. The van der Waals surface area contributed by atoms with Gasteiger partial charge in [-0.1, -0.05) is 63.1 Å². The summed E-state index contributed by atoms with van der Waals surface area (Å²) >= 11 is 0. The molecule has 0 bridgehead atoms. The van der Waals surface area contributed by atoms with Gasteiger partial charge in [0.1, 0.15) is 0 Å². The van der Waals surface area contributed by atoms with Crippen LogP contribution in [0, 0.1) is 34.5 Å². The van der Waals surface area contributed by atoms with Gasteiger partial charge in [0.25, 0.3) is 0 Å². The molecule has 2 heteroatoms. The smallest absolute Gasteiger partial charge is 0.0836 e. The van der Waals surface area contributed by atoms with E-state index in [1.54, 1.807) is 0 Å². The molecule has 1 aromatic rings. The standard InChI is InChI=1S/C25H34O2/c1-24-14-7-6-10-20(24)22(26)23(27)21-18-12-11-17(16-8-4-3-5-9-16)25(18,2)15-13-19(21)24/h3-5,8-9,11,18-23,26-27H,6-7,10,12-15H2,1-2H3/t18-,19-,20+,21-,22+,23+,24+,25+/m0/s1. The number of aliphatic hydroxyl groups excluding tert-OH is 2. The lowest BCUT2D eigenvalue weighted by Crippen LogP contribution is -2.63. The third kappa shape index (κ3) is 2.39. The normalized spacial score (nSPS) is 49.0. The van der Waals surface area contributed by atoms with Crippen LogP contribution >= 0.6 is 0 Å². The topological polar surface area (TPSA) is 40.5 Å². The maximum absolute atomic E-state index is 11.3. The fraction of sp³-hybridized carbons (Fsp3) is 0.680. The summed E-state index contributed by atoms with van der Waals surface area (Å²) in [5, 5.41) is 22.4. The minimum atomic E-state index is -0.556. The Morgan fingerprint density at radius 1 is 0.852 bits per heavy atom. The molecule has 0 saturated heterocycles. The van der Waals surface area contributed by atoms with Crippen LogP contribution in [0.3, 0.4) is 0 Å². The molecule has 2 N–H and O–H groups in total. The van der Waals surface area contributed by atoms with Crippen molar-refractivity contribution in [3.8, 4) is 0 Å². The predicted octanol–water partition coefficient (Wildman–Crippen LogP) is 5.05. The Kier molecular flexibility index (Phi) is 4.11. The summed E-state index contributed by atoms with van der Waals surface area (Å²) in [5.41, 5.74) is 3.15. The zero-order valence-corrected chi connectivity index (χ0v) is 16.8. The fourth-order valence-corrected chi connectivity index (χ4v) is 7.95. The summed E-state index contributed by atoms with van der Waals surface area (Å²) in [4.78, 5) is 0. The Balaban J connectivity index is 1.52. The Hall–Kier alpha value is -1.12. The minimum absolute atomic E-state index is 0.126. The van der Waals surface area contributed by atoms with Crippen LogP contribution in [-0.4, -0.2) is 22.4 Å². The van der Waals surface area contributed by atoms with E-state index in [9.17, 15) is 10.2 Å². The van der Waals surface area contributed by atoms with Gasteiger partial charge in [-0.3, -0.25) is 0 Å². The molecule has 4 aliphatic carbocycles. The van der Waals surface area contributed by atoms with Gasteiger partial charge in [-0.2, -0.15) is 0 Å². The van der Waals surface area contributed by atoms with Crippen molar-refractivity contribution >= 4 is 5.57 Å². The zero-order chi connectivity index (χ0) is 18.8. The number of rotatable bonds is 1. The van der Waals surface area contributed by atoms with Crippen LogP contribution in [0.2, 0.25) is 0 Å². The lowest BCUT2D eigenvalue weighted by Gasteiger charge is -2.63. The van der Waals surface area contributed by atoms with Crippen LogP contribution in [0.5, 0.6) is 0 Å². The molecule has 0 unspecified atom stereocenters. The number of hydrogen-bond acceptors (Lipinski definition) is 2. The highest BCUT2D eigenvalue weighted by molar-refractivity contribution is 5.72. The Bertz CT molecular complexity index is 740. The second kappa shape index (κ2) is 6.19. The van der Waals surface area contributed by atoms with Crippen LogP contribution < -0.4 is 0 Å². The summed E-state index contributed by atoms with van der Waals surface area (Å²) in [5.74, 6) is 1.53. The molecular formula is C25H34O2. The van der Waals surface area contributed by atoms with Crippen molar-refractivity contribution in [2.75, 3.05) is 0 Å². The minimum Gasteiger partial charge on any atom is -0.390 e. The Labute approximate surface area is 163 Å². The van der Waals surface area contributed by atoms with Crippen molar-refractivity contribution in [2.45, 2.75) is 71.0 Å². The molecule has 146 valence electrons. The van der Waals surface area contributed by atoms with Gasteiger partial charge >= 0.3 is 0 Å². The van der Waals surface area contributed by atoms with Gasteiger partial charge < -0.3 is 10.2 Å². The summed E-state index contributed by atoms with van der Waals surface area (Å²) in [6.07, 6.45) is 9.61. The highest BCUT2D eigenvalue weighted by Crippen LogP contribution is 2.67. The molecule has 27 heavy (non-hydrogen) atoms. The molecular weight excluding hydrogens is 332 g/mol. The first kappa shape index (κ1) is 17.9. The monoisotopic (exact) mass is 366 g/mol. The average molecular weight is 367 g/mol. The molecule has 0 amide bonds. The number of benzene rings is 1. The van der Waals surface area contributed by atoms with E-state index in [0.717, 1.165) is 12.8 Å². The molecule has 5 rings (SSSR count). The Morgan fingerprint density at radius 3 is 2.41 bits per heavy atom. The Morgan fingerprint density at radius 2 is 1.63 bits per heavy atom. The molecule has 1 aromatic carbocycles. The number of hydrogen-bond donors (Lipinski definition) is 2. The summed E-state index contributed by atoms with van der Waals surface area (Å²) in [6.45, 7) is 4.86. The van der Waals surface area contributed by atoms with Gasteiger partial charge in [0.2, 0.25) is 0 Å². The highest BCUT2D eigenvalue weighted by Gasteiger charge is 2.63. The third-order valence-corrected chi connectivity index (χ3v) is 9.33. The van der Waals surface area contributed by atoms with Crippen molar-refractivity contribution in [2.24, 2.45) is 34.5 Å². The molecule has 0 heterocycles. The molecule has 0 aliphatic heterocycles. The van der Waals surface area contributed by atoms with Crippen molar-refractivity contribution < 1.29 is 10.2 Å². The van der Waals surface area contributed by atoms with Gasteiger partial charge in [0.15, 0.2) is 0 Å². The van der Waals surface area contributed by atoms with Crippen LogP contribution in [0.25, 0.3) is 5.57 Å². The van der Waals surface area contributed by atoms with E-state index in [4.69, 9.17) is 0 Å². The molecule has 3 saturated carbocycles. The lowest BCUT2D eigenvalue weighted by molar-refractivity contribution is -0.208. The van der Waals surface area contributed by atoms with Crippen molar-refractivity contribution in [1.29, 1.82) is 0 Å². The van der Waals surface area contributed by atoms with E-state index in [1.807, 2.05) is 0 Å². The van der Waals surface area contributed by atoms with Gasteiger partial charge in [-0.15, -0.1) is 0 Å². The second-order valence-corrected chi connectivity index (χ2v) is 10.3. The first-order chi connectivity index (χ1) is 13.0. The first-order valence-corrected chi connectivity index (χ1v) is 11.1.